The summed E-state index contributed by atoms with van der Waals surface area (Å²) in [5.41, 5.74) is 3.99. The maximum atomic E-state index is 12.9. The number of carbonyl (C=O) groups is 2. The van der Waals surface area contributed by atoms with Crippen molar-refractivity contribution in [2.24, 2.45) is 0 Å². The van der Waals surface area contributed by atoms with Gasteiger partial charge in [0.05, 0.1) is 11.3 Å². The number of benzene rings is 2. The minimum atomic E-state index is -0.189. The van der Waals surface area contributed by atoms with Crippen LogP contribution in [0.15, 0.2) is 54.6 Å². The number of amides is 2. The predicted octanol–water partition coefficient (Wildman–Crippen LogP) is 3.75. The minimum Gasteiger partial charge on any atom is -0.367 e. The van der Waals surface area contributed by atoms with Gasteiger partial charge in [-0.05, 0) is 50.2 Å². The largest absolute Gasteiger partial charge is 0.367 e. The molecule has 8 heteroatoms. The Balaban J connectivity index is 1.41. The summed E-state index contributed by atoms with van der Waals surface area (Å²) >= 11 is 6.03. The van der Waals surface area contributed by atoms with E-state index in [4.69, 9.17) is 11.6 Å². The molecule has 2 amide bonds. The topological polar surface area (TPSA) is 70.5 Å². The molecule has 1 aliphatic rings. The third kappa shape index (κ3) is 4.94. The van der Waals surface area contributed by atoms with Crippen molar-refractivity contribution in [3.8, 4) is 0 Å². The summed E-state index contributed by atoms with van der Waals surface area (Å²) in [5.74, 6) is -0.131. The van der Waals surface area contributed by atoms with E-state index in [-0.39, 0.29) is 18.4 Å². The highest BCUT2D eigenvalue weighted by atomic mass is 35.5. The third-order valence-corrected chi connectivity index (χ3v) is 5.83. The lowest BCUT2D eigenvalue weighted by molar-refractivity contribution is -0.132. The Hall–Kier alpha value is -3.32. The van der Waals surface area contributed by atoms with Crippen LogP contribution in [-0.4, -0.2) is 52.7 Å². The summed E-state index contributed by atoms with van der Waals surface area (Å²) in [4.78, 5) is 29.7. The predicted molar refractivity (Wildman–Crippen MR) is 126 cm³/mol. The van der Waals surface area contributed by atoms with Crippen molar-refractivity contribution in [1.82, 2.24) is 14.7 Å². The normalized spacial score (nSPS) is 13.8. The number of hydrogen-bond donors (Lipinski definition) is 1. The fraction of sp³-hybridized carbons (Fsp3) is 0.292. The molecule has 4 rings (SSSR count). The van der Waals surface area contributed by atoms with Gasteiger partial charge in [0.15, 0.2) is 0 Å². The average molecular weight is 452 g/mol. The Morgan fingerprint density at radius 1 is 1.00 bits per heavy atom. The van der Waals surface area contributed by atoms with Gasteiger partial charge in [0.1, 0.15) is 6.54 Å². The van der Waals surface area contributed by atoms with Crippen molar-refractivity contribution in [2.45, 2.75) is 20.4 Å². The van der Waals surface area contributed by atoms with Gasteiger partial charge in [0.2, 0.25) is 5.91 Å². The van der Waals surface area contributed by atoms with Gasteiger partial charge in [0.25, 0.3) is 5.91 Å². The Morgan fingerprint density at radius 2 is 1.75 bits per heavy atom. The molecule has 1 N–H and O–H groups in total. The monoisotopic (exact) mass is 451 g/mol. The second-order valence-corrected chi connectivity index (χ2v) is 8.37. The van der Waals surface area contributed by atoms with E-state index in [0.717, 1.165) is 17.1 Å². The molecule has 0 unspecified atom stereocenters. The van der Waals surface area contributed by atoms with Crippen LogP contribution in [0.1, 0.15) is 21.7 Å². The summed E-state index contributed by atoms with van der Waals surface area (Å²) in [5, 5.41) is 7.87. The maximum absolute atomic E-state index is 12.9. The van der Waals surface area contributed by atoms with Crippen LogP contribution >= 0.6 is 11.6 Å². The fourth-order valence-corrected chi connectivity index (χ4v) is 4.16. The van der Waals surface area contributed by atoms with Gasteiger partial charge in [-0.15, -0.1) is 0 Å². The highest BCUT2D eigenvalue weighted by Crippen LogP contribution is 2.24. The zero-order valence-electron chi connectivity index (χ0n) is 18.2. The van der Waals surface area contributed by atoms with Crippen LogP contribution in [0.3, 0.4) is 0 Å². The third-order valence-electron chi connectivity index (χ3n) is 5.59. The molecule has 1 aromatic heterocycles. The molecule has 0 atom stereocenters. The Labute approximate surface area is 192 Å². The highest BCUT2D eigenvalue weighted by Gasteiger charge is 2.24. The van der Waals surface area contributed by atoms with Gasteiger partial charge >= 0.3 is 0 Å². The number of para-hydroxylation sites is 1. The molecule has 0 aliphatic carbocycles. The Morgan fingerprint density at radius 3 is 2.44 bits per heavy atom. The van der Waals surface area contributed by atoms with E-state index in [9.17, 15) is 9.59 Å². The van der Waals surface area contributed by atoms with E-state index in [1.807, 2.05) is 49.1 Å². The molecule has 1 saturated heterocycles. The number of nitrogens with one attached hydrogen (secondary N) is 1. The first kappa shape index (κ1) is 21.9. The van der Waals surface area contributed by atoms with Crippen LogP contribution in [0, 0.1) is 13.8 Å². The number of rotatable bonds is 5. The highest BCUT2D eigenvalue weighted by molar-refractivity contribution is 6.31. The number of aromatic nitrogens is 2. The lowest BCUT2D eigenvalue weighted by Crippen LogP contribution is -2.50. The van der Waals surface area contributed by atoms with Crippen LogP contribution in [0.2, 0.25) is 5.02 Å². The minimum absolute atomic E-state index is 0.0582. The summed E-state index contributed by atoms with van der Waals surface area (Å²) in [6, 6.07) is 16.6. The summed E-state index contributed by atoms with van der Waals surface area (Å²) < 4.78 is 1.75. The molecule has 0 bridgehead atoms. The first-order valence-electron chi connectivity index (χ1n) is 10.6. The molecule has 7 nitrogen and oxygen atoms in total. The van der Waals surface area contributed by atoms with Crippen LogP contribution in [0.5, 0.6) is 0 Å². The molecular weight excluding hydrogens is 426 g/mol. The van der Waals surface area contributed by atoms with E-state index in [1.165, 1.54) is 0 Å². The van der Waals surface area contributed by atoms with Crippen molar-refractivity contribution in [3.05, 3.63) is 76.6 Å². The van der Waals surface area contributed by atoms with Crippen molar-refractivity contribution in [1.29, 1.82) is 0 Å². The number of halogens is 1. The summed E-state index contributed by atoms with van der Waals surface area (Å²) in [6.07, 6.45) is 0. The lowest BCUT2D eigenvalue weighted by Gasteiger charge is -2.37. The second kappa shape index (κ2) is 9.44. The van der Waals surface area contributed by atoms with Gasteiger partial charge in [-0.25, -0.2) is 0 Å². The van der Waals surface area contributed by atoms with Gasteiger partial charge in [-0.2, -0.15) is 5.10 Å². The molecule has 166 valence electrons. The molecule has 0 radical (unpaired) electrons. The second-order valence-electron chi connectivity index (χ2n) is 7.93. The SMILES string of the molecule is Cc1cc(C)n(CC(=O)N2CCN(c3ccccc3C(=O)Nc3cccc(Cl)c3)CC2)n1. The Kier molecular flexibility index (Phi) is 6.46. The molecule has 0 spiro atoms. The number of hydrogen-bond acceptors (Lipinski definition) is 4. The quantitative estimate of drug-likeness (QED) is 0.641. The van der Waals surface area contributed by atoms with E-state index in [1.54, 1.807) is 28.9 Å². The van der Waals surface area contributed by atoms with Crippen molar-refractivity contribution in [3.63, 3.8) is 0 Å². The lowest BCUT2D eigenvalue weighted by atomic mass is 10.1. The summed E-state index contributed by atoms with van der Waals surface area (Å²) in [6.45, 7) is 6.64. The molecule has 2 aromatic carbocycles. The first-order chi connectivity index (χ1) is 15.4. The smallest absolute Gasteiger partial charge is 0.257 e. The van der Waals surface area contributed by atoms with Gasteiger partial charge in [-0.3, -0.25) is 14.3 Å². The van der Waals surface area contributed by atoms with E-state index in [0.29, 0.717) is 42.5 Å². The summed E-state index contributed by atoms with van der Waals surface area (Å²) in [7, 11) is 0. The van der Waals surface area contributed by atoms with Crippen LogP contribution in [-0.2, 0) is 11.3 Å². The fourth-order valence-electron chi connectivity index (χ4n) is 3.97. The van der Waals surface area contributed by atoms with Gasteiger partial charge in [0, 0.05) is 48.3 Å². The van der Waals surface area contributed by atoms with Crippen molar-refractivity contribution >= 4 is 34.8 Å². The average Bonchev–Trinajstić information content (AvgIpc) is 3.10. The molecule has 1 aliphatic heterocycles. The van der Waals surface area contributed by atoms with Crippen LogP contribution < -0.4 is 10.2 Å². The molecule has 3 aromatic rings. The van der Waals surface area contributed by atoms with Gasteiger partial charge in [-0.1, -0.05) is 29.8 Å². The molecule has 1 fully saturated rings. The Bertz CT molecular complexity index is 1130. The zero-order chi connectivity index (χ0) is 22.7. The number of nitrogens with zero attached hydrogens (tertiary/aromatic N) is 4. The van der Waals surface area contributed by atoms with Crippen molar-refractivity contribution in [2.75, 3.05) is 36.4 Å². The van der Waals surface area contributed by atoms with E-state index in [2.05, 4.69) is 15.3 Å². The van der Waals surface area contributed by atoms with E-state index >= 15 is 0 Å². The van der Waals surface area contributed by atoms with Crippen molar-refractivity contribution < 1.29 is 9.59 Å². The van der Waals surface area contributed by atoms with Crippen LogP contribution in [0.4, 0.5) is 11.4 Å². The number of anilines is 2. The number of piperazine rings is 1. The molecule has 32 heavy (non-hydrogen) atoms. The standard InChI is InChI=1S/C24H26ClN5O2/c1-17-14-18(2)30(27-17)16-23(31)29-12-10-28(11-13-29)22-9-4-3-8-21(22)24(32)26-20-7-5-6-19(25)15-20/h3-9,14-15H,10-13,16H2,1-2H3,(H,26,32). The number of aryl methyl sites for hydroxylation is 2. The van der Waals surface area contributed by atoms with Gasteiger partial charge < -0.3 is 15.1 Å². The molecule has 0 saturated carbocycles. The molecular formula is C24H26ClN5O2. The van der Waals surface area contributed by atoms with Crippen LogP contribution in [0.25, 0.3) is 0 Å². The molecule has 2 heterocycles. The zero-order valence-corrected chi connectivity index (χ0v) is 19.0. The first-order valence-corrected chi connectivity index (χ1v) is 11.0. The number of carbonyl (C=O) groups excluding carboxylic acids is 2. The maximum Gasteiger partial charge on any atom is 0.257 e. The van der Waals surface area contributed by atoms with E-state index < -0.39 is 0 Å².